The first-order chi connectivity index (χ1) is 24.2. The number of carbonyl (C=O) groups excluding carboxylic acids is 1. The highest BCUT2D eigenvalue weighted by Crippen LogP contribution is 2.43. The van der Waals surface area contributed by atoms with Gasteiger partial charge >= 0.3 is 7.82 Å². The number of hydrogen-bond donors (Lipinski definition) is 5. The smallest absolute Gasteiger partial charge is 0.390 e. The molecule has 0 aliphatic heterocycles. The van der Waals surface area contributed by atoms with Gasteiger partial charge in [0.05, 0.1) is 39.9 Å². The standard InChI is InChI=1S/C40H83N2O8P/c1-7-8-9-10-11-12-13-14-15-16-17-22-25-28-31-38(44)40(46)41-36(34-50-51(47,48)49-33-32-42(4,5)6)39(45)37(43)30-27-24-21-19-18-20-23-26-29-35(2)3/h35-39,43-45H,7-34H2,1-6H3,(H-,41,46,47,48)/p+1/t36-,37+,38?,39-/m0/s1. The van der Waals surface area contributed by atoms with Crippen LogP contribution in [0.5, 0.6) is 0 Å². The third kappa shape index (κ3) is 32.6. The Labute approximate surface area is 314 Å². The van der Waals surface area contributed by atoms with Crippen molar-refractivity contribution in [1.82, 2.24) is 5.32 Å². The van der Waals surface area contributed by atoms with E-state index in [1.807, 2.05) is 21.1 Å². The number of amides is 1. The van der Waals surface area contributed by atoms with Crippen LogP contribution in [0.3, 0.4) is 0 Å². The van der Waals surface area contributed by atoms with Crippen LogP contribution in [-0.4, -0.2) is 95.9 Å². The van der Waals surface area contributed by atoms with Crippen molar-refractivity contribution in [2.24, 2.45) is 5.92 Å². The van der Waals surface area contributed by atoms with E-state index >= 15 is 0 Å². The fraction of sp³-hybridized carbons (Fsp3) is 0.975. The predicted octanol–water partition coefficient (Wildman–Crippen LogP) is 8.82. The van der Waals surface area contributed by atoms with Crippen molar-refractivity contribution in [3.63, 3.8) is 0 Å². The number of aliphatic hydroxyl groups is 3. The van der Waals surface area contributed by atoms with E-state index in [1.165, 1.54) is 96.3 Å². The molecular weight excluding hydrogens is 667 g/mol. The first-order valence-corrected chi connectivity index (χ1v) is 22.4. The van der Waals surface area contributed by atoms with Crippen molar-refractivity contribution in [3.05, 3.63) is 0 Å². The third-order valence-corrected chi connectivity index (χ3v) is 10.7. The highest BCUT2D eigenvalue weighted by atomic mass is 31.2. The number of quaternary nitrogens is 1. The molecule has 0 aliphatic rings. The Morgan fingerprint density at radius 1 is 0.647 bits per heavy atom. The molecule has 0 aromatic rings. The van der Waals surface area contributed by atoms with E-state index in [-0.39, 0.29) is 13.0 Å². The molecule has 0 bridgehead atoms. The van der Waals surface area contributed by atoms with E-state index < -0.39 is 44.7 Å². The summed E-state index contributed by atoms with van der Waals surface area (Å²) in [6.07, 6.45) is 23.8. The minimum absolute atomic E-state index is 0.0185. The van der Waals surface area contributed by atoms with E-state index in [0.717, 1.165) is 44.4 Å². The molecule has 0 spiro atoms. The van der Waals surface area contributed by atoms with Gasteiger partial charge in [-0.05, 0) is 18.8 Å². The van der Waals surface area contributed by atoms with E-state index in [1.54, 1.807) is 0 Å². The molecule has 0 aromatic carbocycles. The zero-order valence-electron chi connectivity index (χ0n) is 34.0. The first-order valence-electron chi connectivity index (χ1n) is 21.0. The van der Waals surface area contributed by atoms with Gasteiger partial charge < -0.3 is 30.0 Å². The summed E-state index contributed by atoms with van der Waals surface area (Å²) in [7, 11) is 1.30. The van der Waals surface area contributed by atoms with Gasteiger partial charge in [0.25, 0.3) is 0 Å². The largest absolute Gasteiger partial charge is 0.472 e. The van der Waals surface area contributed by atoms with E-state index in [0.29, 0.717) is 30.3 Å². The second-order valence-corrected chi connectivity index (χ2v) is 17.9. The summed E-state index contributed by atoms with van der Waals surface area (Å²) in [6, 6.07) is -1.20. The molecule has 1 amide bonds. The van der Waals surface area contributed by atoms with E-state index in [2.05, 4.69) is 26.1 Å². The summed E-state index contributed by atoms with van der Waals surface area (Å²) < 4.78 is 23.3. The Kier molecular flexibility index (Phi) is 31.4. The summed E-state index contributed by atoms with van der Waals surface area (Å²) >= 11 is 0. The molecule has 306 valence electrons. The Morgan fingerprint density at radius 2 is 1.06 bits per heavy atom. The summed E-state index contributed by atoms with van der Waals surface area (Å²) in [6.45, 7) is 6.67. The molecule has 0 rings (SSSR count). The number of unbranched alkanes of at least 4 members (excludes halogenated alkanes) is 20. The zero-order valence-corrected chi connectivity index (χ0v) is 34.9. The van der Waals surface area contributed by atoms with Crippen molar-refractivity contribution < 1.29 is 43.1 Å². The molecule has 0 heterocycles. The second kappa shape index (κ2) is 31.7. The fourth-order valence-corrected chi connectivity index (χ4v) is 6.95. The SMILES string of the molecule is CCCCCCCCCCCCCCCCC(O)C(=O)N[C@@H](COP(=O)(O)OCC[N+](C)(C)C)[C@H](O)[C@H](O)CCCCCCCCCCC(C)C. The lowest BCUT2D eigenvalue weighted by atomic mass is 9.99. The van der Waals surface area contributed by atoms with Crippen LogP contribution in [-0.2, 0) is 18.4 Å². The van der Waals surface area contributed by atoms with Crippen molar-refractivity contribution >= 4 is 13.7 Å². The maximum Gasteiger partial charge on any atom is 0.472 e. The Hall–Kier alpha value is -0.580. The average molecular weight is 752 g/mol. The molecule has 5 atom stereocenters. The summed E-state index contributed by atoms with van der Waals surface area (Å²) in [5.41, 5.74) is 0. The quantitative estimate of drug-likeness (QED) is 0.0241. The molecular formula is C40H84N2O8P+. The number of phosphoric acid groups is 1. The number of phosphoric ester groups is 1. The van der Waals surface area contributed by atoms with Crippen molar-refractivity contribution in [1.29, 1.82) is 0 Å². The minimum atomic E-state index is -4.48. The first kappa shape index (κ1) is 50.4. The van der Waals surface area contributed by atoms with Gasteiger partial charge in [-0.1, -0.05) is 168 Å². The van der Waals surface area contributed by atoms with Crippen LogP contribution in [0.25, 0.3) is 0 Å². The van der Waals surface area contributed by atoms with Gasteiger partial charge in [0.2, 0.25) is 5.91 Å². The van der Waals surface area contributed by atoms with Gasteiger partial charge in [-0.3, -0.25) is 13.8 Å². The van der Waals surface area contributed by atoms with Gasteiger partial charge in [0.15, 0.2) is 0 Å². The maximum atomic E-state index is 12.9. The highest BCUT2D eigenvalue weighted by Gasteiger charge is 2.33. The van der Waals surface area contributed by atoms with Crippen LogP contribution in [0.2, 0.25) is 0 Å². The Balaban J connectivity index is 4.67. The van der Waals surface area contributed by atoms with Gasteiger partial charge in [0.1, 0.15) is 25.4 Å². The van der Waals surface area contributed by atoms with Crippen LogP contribution < -0.4 is 5.32 Å². The molecule has 0 radical (unpaired) electrons. The predicted molar refractivity (Wildman–Crippen MR) is 211 cm³/mol. The van der Waals surface area contributed by atoms with Crippen LogP contribution >= 0.6 is 7.82 Å². The number of nitrogens with zero attached hydrogens (tertiary/aromatic N) is 1. The average Bonchev–Trinajstić information content (AvgIpc) is 3.06. The van der Waals surface area contributed by atoms with Gasteiger partial charge in [-0.25, -0.2) is 4.57 Å². The van der Waals surface area contributed by atoms with Crippen molar-refractivity contribution in [2.75, 3.05) is 40.9 Å². The van der Waals surface area contributed by atoms with Crippen molar-refractivity contribution in [2.45, 2.75) is 206 Å². The second-order valence-electron chi connectivity index (χ2n) is 16.5. The molecule has 2 unspecified atom stereocenters. The molecule has 51 heavy (non-hydrogen) atoms. The maximum absolute atomic E-state index is 12.9. The number of carbonyl (C=O) groups is 1. The summed E-state index contributed by atoms with van der Waals surface area (Å²) in [5.74, 6) is 0.0612. The Morgan fingerprint density at radius 3 is 1.49 bits per heavy atom. The lowest BCUT2D eigenvalue weighted by Crippen LogP contribution is -2.53. The molecule has 10 nitrogen and oxygen atoms in total. The van der Waals surface area contributed by atoms with E-state index in [9.17, 15) is 29.6 Å². The van der Waals surface area contributed by atoms with E-state index in [4.69, 9.17) is 9.05 Å². The third-order valence-electron chi connectivity index (χ3n) is 9.73. The summed E-state index contributed by atoms with van der Waals surface area (Å²) in [4.78, 5) is 23.2. The Bertz CT molecular complexity index is 857. The highest BCUT2D eigenvalue weighted by molar-refractivity contribution is 7.47. The summed E-state index contributed by atoms with van der Waals surface area (Å²) in [5, 5.41) is 35.0. The normalized spacial score (nSPS) is 15.8. The zero-order chi connectivity index (χ0) is 38.4. The lowest BCUT2D eigenvalue weighted by molar-refractivity contribution is -0.870. The molecule has 0 saturated heterocycles. The minimum Gasteiger partial charge on any atom is -0.390 e. The monoisotopic (exact) mass is 752 g/mol. The molecule has 0 saturated carbocycles. The number of rotatable bonds is 37. The number of likely N-dealkylation sites (N-methyl/N-ethyl adjacent to an activating group) is 1. The van der Waals surface area contributed by atoms with Crippen LogP contribution in [0.15, 0.2) is 0 Å². The molecule has 5 N–H and O–H groups in total. The topological polar surface area (TPSA) is 146 Å². The van der Waals surface area contributed by atoms with Crippen LogP contribution in [0.4, 0.5) is 0 Å². The molecule has 0 aliphatic carbocycles. The van der Waals surface area contributed by atoms with Gasteiger partial charge in [-0.15, -0.1) is 0 Å². The van der Waals surface area contributed by atoms with Gasteiger partial charge in [-0.2, -0.15) is 0 Å². The molecule has 0 fully saturated rings. The van der Waals surface area contributed by atoms with Gasteiger partial charge in [0, 0.05) is 0 Å². The van der Waals surface area contributed by atoms with Crippen LogP contribution in [0, 0.1) is 5.92 Å². The number of hydrogen-bond acceptors (Lipinski definition) is 7. The number of nitrogens with one attached hydrogen (secondary N) is 1. The fourth-order valence-electron chi connectivity index (χ4n) is 6.22. The molecule has 11 heteroatoms. The number of aliphatic hydroxyl groups excluding tert-OH is 3. The van der Waals surface area contributed by atoms with Crippen molar-refractivity contribution in [3.8, 4) is 0 Å². The van der Waals surface area contributed by atoms with Crippen LogP contribution in [0.1, 0.15) is 181 Å². The molecule has 0 aromatic heterocycles. The lowest BCUT2D eigenvalue weighted by Gasteiger charge is -2.29.